The Hall–Kier alpha value is -3.45. The zero-order valence-electron chi connectivity index (χ0n) is 18.8. The van der Waals surface area contributed by atoms with Crippen molar-refractivity contribution in [3.05, 3.63) is 87.6 Å². The Morgan fingerprint density at radius 3 is 2.48 bits per heavy atom. The minimum Gasteiger partial charge on any atom is -0.465 e. The number of ether oxygens (including phenoxy) is 1. The van der Waals surface area contributed by atoms with E-state index in [0.29, 0.717) is 23.4 Å². The number of nitrogens with one attached hydrogen (secondary N) is 1. The summed E-state index contributed by atoms with van der Waals surface area (Å²) in [5.41, 5.74) is 1.88. The second-order valence-corrected chi connectivity index (χ2v) is 9.38. The summed E-state index contributed by atoms with van der Waals surface area (Å²) in [7, 11) is 1.31. The van der Waals surface area contributed by atoms with E-state index in [9.17, 15) is 14.4 Å². The predicted molar refractivity (Wildman–Crippen MR) is 129 cm³/mol. The fraction of sp³-hybridized carbons (Fsp3) is 0.269. The minimum atomic E-state index is -0.637. The number of esters is 1. The van der Waals surface area contributed by atoms with Crippen molar-refractivity contribution < 1.29 is 19.1 Å². The Kier molecular flexibility index (Phi) is 6.60. The van der Waals surface area contributed by atoms with Crippen LogP contribution in [0.5, 0.6) is 0 Å². The van der Waals surface area contributed by atoms with Gasteiger partial charge in [0.05, 0.1) is 30.3 Å². The van der Waals surface area contributed by atoms with Crippen molar-refractivity contribution >= 4 is 34.8 Å². The Labute approximate surface area is 197 Å². The molecule has 0 spiro atoms. The largest absolute Gasteiger partial charge is 0.465 e. The lowest BCUT2D eigenvalue weighted by Crippen LogP contribution is -2.47. The molecule has 2 amide bonds. The first-order valence-corrected chi connectivity index (χ1v) is 11.7. The summed E-state index contributed by atoms with van der Waals surface area (Å²) in [5.74, 6) is -1.29. The molecule has 0 saturated heterocycles. The van der Waals surface area contributed by atoms with Crippen LogP contribution in [0.3, 0.4) is 0 Å². The lowest BCUT2D eigenvalue weighted by atomic mass is 9.81. The van der Waals surface area contributed by atoms with Crippen molar-refractivity contribution in [2.24, 2.45) is 5.92 Å². The van der Waals surface area contributed by atoms with E-state index < -0.39 is 17.9 Å². The number of fused-ring (bicyclic) bond motifs is 1. The summed E-state index contributed by atoms with van der Waals surface area (Å²) in [6, 6.07) is 17.5. The van der Waals surface area contributed by atoms with E-state index >= 15 is 0 Å². The first-order valence-electron chi connectivity index (χ1n) is 10.8. The molecule has 0 aliphatic carbocycles. The molecule has 0 fully saturated rings. The highest BCUT2D eigenvalue weighted by Gasteiger charge is 2.44. The van der Waals surface area contributed by atoms with Crippen LogP contribution in [0.2, 0.25) is 0 Å². The van der Waals surface area contributed by atoms with Gasteiger partial charge in [-0.05, 0) is 41.1 Å². The van der Waals surface area contributed by atoms with Gasteiger partial charge in [-0.25, -0.2) is 4.79 Å². The summed E-state index contributed by atoms with van der Waals surface area (Å²) in [6.45, 7) is 4.64. The molecule has 2 unspecified atom stereocenters. The predicted octanol–water partition coefficient (Wildman–Crippen LogP) is 5.11. The van der Waals surface area contributed by atoms with Crippen LogP contribution in [0.1, 0.15) is 57.0 Å². The number of hydrogen-bond donors (Lipinski definition) is 1. The van der Waals surface area contributed by atoms with Crippen LogP contribution < -0.4 is 5.32 Å². The van der Waals surface area contributed by atoms with Gasteiger partial charge in [0.15, 0.2) is 0 Å². The molecule has 2 heterocycles. The van der Waals surface area contributed by atoms with Gasteiger partial charge in [0, 0.05) is 17.0 Å². The van der Waals surface area contributed by atoms with Crippen LogP contribution in [0.15, 0.2) is 66.0 Å². The second kappa shape index (κ2) is 9.58. The van der Waals surface area contributed by atoms with Crippen molar-refractivity contribution in [1.82, 2.24) is 4.90 Å². The number of nitrogens with zero attached hydrogens (tertiary/aromatic N) is 1. The molecule has 33 heavy (non-hydrogen) atoms. The number of carbonyl (C=O) groups excluding carboxylic acids is 3. The average molecular weight is 463 g/mol. The highest BCUT2D eigenvalue weighted by molar-refractivity contribution is 7.10. The third-order valence-corrected chi connectivity index (χ3v) is 6.65. The smallest absolute Gasteiger partial charge is 0.339 e. The Bertz CT molecular complexity index is 1170. The standard InChI is InChI=1S/C26H26N2O4S/c1-16(2)15-28-23(21-13-8-14-33-21)22(17-9-4-5-10-18(17)25(28)30)24(29)27-20-12-7-6-11-19(20)26(31)32-3/h4-14,16,22-23H,15H2,1-3H3,(H,27,29). The quantitative estimate of drug-likeness (QED) is 0.517. The van der Waals surface area contributed by atoms with Gasteiger partial charge in [0.25, 0.3) is 5.91 Å². The van der Waals surface area contributed by atoms with E-state index in [1.54, 1.807) is 30.3 Å². The number of carbonyl (C=O) groups is 3. The number of para-hydroxylation sites is 1. The van der Waals surface area contributed by atoms with E-state index in [1.807, 2.05) is 40.6 Å². The molecule has 2 aromatic carbocycles. The molecule has 170 valence electrons. The van der Waals surface area contributed by atoms with E-state index in [4.69, 9.17) is 4.74 Å². The molecule has 0 radical (unpaired) electrons. The van der Waals surface area contributed by atoms with Gasteiger partial charge in [-0.1, -0.05) is 50.2 Å². The van der Waals surface area contributed by atoms with Crippen molar-refractivity contribution in [3.63, 3.8) is 0 Å². The van der Waals surface area contributed by atoms with Gasteiger partial charge < -0.3 is 15.0 Å². The van der Waals surface area contributed by atoms with Gasteiger partial charge in [0.1, 0.15) is 0 Å². The first kappa shape index (κ1) is 22.7. The lowest BCUT2D eigenvalue weighted by molar-refractivity contribution is -0.119. The van der Waals surface area contributed by atoms with Crippen LogP contribution in [0.4, 0.5) is 5.69 Å². The molecular formula is C26H26N2O4S. The molecule has 1 aliphatic heterocycles. The maximum atomic E-state index is 13.8. The maximum Gasteiger partial charge on any atom is 0.339 e. The van der Waals surface area contributed by atoms with Crippen molar-refractivity contribution in [2.45, 2.75) is 25.8 Å². The van der Waals surface area contributed by atoms with Gasteiger partial charge >= 0.3 is 5.97 Å². The Morgan fingerprint density at radius 2 is 1.79 bits per heavy atom. The van der Waals surface area contributed by atoms with Crippen molar-refractivity contribution in [1.29, 1.82) is 0 Å². The van der Waals surface area contributed by atoms with Gasteiger partial charge in [-0.15, -0.1) is 11.3 Å². The number of hydrogen-bond acceptors (Lipinski definition) is 5. The summed E-state index contributed by atoms with van der Waals surface area (Å²) < 4.78 is 4.87. The van der Waals surface area contributed by atoms with Crippen LogP contribution in [-0.4, -0.2) is 36.3 Å². The molecule has 0 bridgehead atoms. The monoisotopic (exact) mass is 462 g/mol. The molecule has 1 N–H and O–H groups in total. The molecular weight excluding hydrogens is 436 g/mol. The molecule has 4 rings (SSSR count). The molecule has 1 aromatic heterocycles. The van der Waals surface area contributed by atoms with Crippen LogP contribution in [0.25, 0.3) is 0 Å². The minimum absolute atomic E-state index is 0.0725. The van der Waals surface area contributed by atoms with Gasteiger partial charge in [0.2, 0.25) is 5.91 Å². The van der Waals surface area contributed by atoms with Gasteiger partial charge in [-0.2, -0.15) is 0 Å². The number of benzene rings is 2. The molecule has 3 aromatic rings. The van der Waals surface area contributed by atoms with E-state index in [1.165, 1.54) is 18.4 Å². The zero-order valence-corrected chi connectivity index (χ0v) is 19.6. The molecule has 1 aliphatic rings. The number of methoxy groups -OCH3 is 1. The fourth-order valence-corrected chi connectivity index (χ4v) is 5.21. The van der Waals surface area contributed by atoms with Crippen molar-refractivity contribution in [2.75, 3.05) is 19.0 Å². The van der Waals surface area contributed by atoms with E-state index in [2.05, 4.69) is 19.2 Å². The van der Waals surface area contributed by atoms with Crippen LogP contribution in [0, 0.1) is 5.92 Å². The molecule has 6 nitrogen and oxygen atoms in total. The van der Waals surface area contributed by atoms with Crippen LogP contribution in [-0.2, 0) is 9.53 Å². The fourth-order valence-electron chi connectivity index (χ4n) is 4.34. The summed E-state index contributed by atoms with van der Waals surface area (Å²) in [5, 5.41) is 4.90. The highest BCUT2D eigenvalue weighted by Crippen LogP contribution is 2.45. The van der Waals surface area contributed by atoms with Gasteiger partial charge in [-0.3, -0.25) is 9.59 Å². The Morgan fingerprint density at radius 1 is 1.06 bits per heavy atom. The highest BCUT2D eigenvalue weighted by atomic mass is 32.1. The van der Waals surface area contributed by atoms with E-state index in [-0.39, 0.29) is 23.3 Å². The number of amides is 2. The third-order valence-electron chi connectivity index (χ3n) is 5.71. The van der Waals surface area contributed by atoms with Crippen LogP contribution >= 0.6 is 11.3 Å². The molecule has 7 heteroatoms. The first-order chi connectivity index (χ1) is 15.9. The zero-order chi connectivity index (χ0) is 23.5. The molecule has 0 saturated carbocycles. The lowest BCUT2D eigenvalue weighted by Gasteiger charge is -2.42. The summed E-state index contributed by atoms with van der Waals surface area (Å²) in [6.07, 6.45) is 0. The van der Waals surface area contributed by atoms with E-state index in [0.717, 1.165) is 4.88 Å². The average Bonchev–Trinajstić information content (AvgIpc) is 3.34. The topological polar surface area (TPSA) is 75.7 Å². The SMILES string of the molecule is COC(=O)c1ccccc1NC(=O)C1c2ccccc2C(=O)N(CC(C)C)C1c1cccs1. The summed E-state index contributed by atoms with van der Waals surface area (Å²) in [4.78, 5) is 42.3. The number of rotatable bonds is 6. The summed E-state index contributed by atoms with van der Waals surface area (Å²) >= 11 is 1.53. The number of thiophene rings is 1. The molecule has 2 atom stereocenters. The van der Waals surface area contributed by atoms with Crippen molar-refractivity contribution in [3.8, 4) is 0 Å². The maximum absolute atomic E-state index is 13.8. The third kappa shape index (κ3) is 4.41. The normalized spacial score (nSPS) is 17.6. The second-order valence-electron chi connectivity index (χ2n) is 8.40. The Balaban J connectivity index is 1.82. The number of anilines is 1.